The first-order valence-electron chi connectivity index (χ1n) is 5.69. The van der Waals surface area contributed by atoms with Gasteiger partial charge in [-0.1, -0.05) is 23.2 Å². The van der Waals surface area contributed by atoms with E-state index in [0.29, 0.717) is 21.6 Å². The summed E-state index contributed by atoms with van der Waals surface area (Å²) in [6.45, 7) is -0.238. The van der Waals surface area contributed by atoms with E-state index in [1.165, 1.54) is 12.3 Å². The van der Waals surface area contributed by atoms with Gasteiger partial charge in [0.25, 0.3) is 5.91 Å². The quantitative estimate of drug-likeness (QED) is 0.661. The van der Waals surface area contributed by atoms with E-state index in [-0.39, 0.29) is 11.8 Å². The van der Waals surface area contributed by atoms with Gasteiger partial charge in [0.2, 0.25) is 0 Å². The van der Waals surface area contributed by atoms with E-state index in [0.717, 1.165) is 0 Å². The molecule has 0 atom stereocenters. The molecule has 2 aromatic rings. The predicted molar refractivity (Wildman–Crippen MR) is 81.4 cm³/mol. The summed E-state index contributed by atoms with van der Waals surface area (Å²) in [5.41, 5.74) is 2.27. The van der Waals surface area contributed by atoms with Gasteiger partial charge in [-0.05, 0) is 41.9 Å². The summed E-state index contributed by atoms with van der Waals surface area (Å²) in [6.07, 6.45) is 1.32. The molecule has 0 saturated heterocycles. The zero-order chi connectivity index (χ0) is 15.2. The lowest BCUT2D eigenvalue weighted by molar-refractivity contribution is -0.123. The summed E-state index contributed by atoms with van der Waals surface area (Å²) in [4.78, 5) is 11.5. The Balaban J connectivity index is 1.81. The highest BCUT2D eigenvalue weighted by Crippen LogP contribution is 2.27. The highest BCUT2D eigenvalue weighted by Gasteiger charge is 2.05. The zero-order valence-electron chi connectivity index (χ0n) is 10.5. The van der Waals surface area contributed by atoms with Crippen LogP contribution in [-0.2, 0) is 4.79 Å². The second kappa shape index (κ2) is 7.36. The molecule has 0 aliphatic heterocycles. The summed E-state index contributed by atoms with van der Waals surface area (Å²) < 4.78 is 10.3. The SMILES string of the molecule is O=C(COc1ccc(Cl)cc1Cl)NN=Cc1ccc(Cl)o1. The first kappa shape index (κ1) is 15.7. The molecule has 0 aliphatic rings. The zero-order valence-corrected chi connectivity index (χ0v) is 12.7. The van der Waals surface area contributed by atoms with Gasteiger partial charge in [-0.25, -0.2) is 5.43 Å². The monoisotopic (exact) mass is 346 g/mol. The third kappa shape index (κ3) is 4.97. The molecule has 8 heteroatoms. The van der Waals surface area contributed by atoms with Gasteiger partial charge in [0.05, 0.1) is 11.2 Å². The van der Waals surface area contributed by atoms with Crippen molar-refractivity contribution >= 4 is 46.9 Å². The number of benzene rings is 1. The van der Waals surface area contributed by atoms with E-state index in [4.69, 9.17) is 44.0 Å². The Bertz CT molecular complexity index is 670. The van der Waals surface area contributed by atoms with Crippen molar-refractivity contribution < 1.29 is 13.9 Å². The number of hydrazone groups is 1. The van der Waals surface area contributed by atoms with Crippen molar-refractivity contribution in [3.8, 4) is 5.75 Å². The molecule has 1 aromatic heterocycles. The molecule has 0 bridgehead atoms. The van der Waals surface area contributed by atoms with Crippen molar-refractivity contribution in [1.29, 1.82) is 0 Å². The fourth-order valence-electron chi connectivity index (χ4n) is 1.33. The molecule has 110 valence electrons. The Labute approximate surface area is 135 Å². The molecule has 1 aromatic carbocycles. The topological polar surface area (TPSA) is 63.8 Å². The van der Waals surface area contributed by atoms with Crippen LogP contribution in [0.1, 0.15) is 5.76 Å². The van der Waals surface area contributed by atoms with E-state index in [2.05, 4.69) is 10.5 Å². The maximum absolute atomic E-state index is 11.5. The van der Waals surface area contributed by atoms with Gasteiger partial charge >= 0.3 is 0 Å². The highest BCUT2D eigenvalue weighted by atomic mass is 35.5. The fraction of sp³-hybridized carbons (Fsp3) is 0.0769. The smallest absolute Gasteiger partial charge is 0.277 e. The number of halogens is 3. The van der Waals surface area contributed by atoms with Crippen molar-refractivity contribution in [3.05, 3.63) is 51.4 Å². The molecule has 1 N–H and O–H groups in total. The lowest BCUT2D eigenvalue weighted by Crippen LogP contribution is -2.24. The number of amides is 1. The highest BCUT2D eigenvalue weighted by molar-refractivity contribution is 6.35. The third-order valence-electron chi connectivity index (χ3n) is 2.23. The molecular formula is C13H9Cl3N2O3. The van der Waals surface area contributed by atoms with Crippen LogP contribution >= 0.6 is 34.8 Å². The average Bonchev–Trinajstić information content (AvgIpc) is 2.83. The number of rotatable bonds is 5. The number of hydrogen-bond donors (Lipinski definition) is 1. The van der Waals surface area contributed by atoms with E-state index in [1.807, 2.05) is 0 Å². The van der Waals surface area contributed by atoms with Crippen LogP contribution < -0.4 is 10.2 Å². The van der Waals surface area contributed by atoms with Crippen LogP contribution in [0, 0.1) is 0 Å². The first-order valence-corrected chi connectivity index (χ1v) is 6.83. The minimum atomic E-state index is -0.449. The van der Waals surface area contributed by atoms with Crippen molar-refractivity contribution in [1.82, 2.24) is 5.43 Å². The molecule has 0 spiro atoms. The fourth-order valence-corrected chi connectivity index (χ4v) is 1.95. The molecule has 0 unspecified atom stereocenters. The molecule has 2 rings (SSSR count). The minimum Gasteiger partial charge on any atom is -0.482 e. The van der Waals surface area contributed by atoms with Crippen molar-refractivity contribution in [3.63, 3.8) is 0 Å². The van der Waals surface area contributed by atoms with Gasteiger partial charge < -0.3 is 9.15 Å². The molecule has 0 saturated carbocycles. The summed E-state index contributed by atoms with van der Waals surface area (Å²) >= 11 is 17.2. The van der Waals surface area contributed by atoms with E-state index < -0.39 is 5.91 Å². The largest absolute Gasteiger partial charge is 0.482 e. The van der Waals surface area contributed by atoms with Crippen molar-refractivity contribution in [2.45, 2.75) is 0 Å². The van der Waals surface area contributed by atoms with Crippen LogP contribution in [0.4, 0.5) is 0 Å². The molecule has 0 radical (unpaired) electrons. The van der Waals surface area contributed by atoms with Gasteiger partial charge in [-0.3, -0.25) is 4.79 Å². The standard InChI is InChI=1S/C13H9Cl3N2O3/c14-8-1-3-11(10(15)5-8)20-7-13(19)18-17-6-9-2-4-12(16)21-9/h1-6H,7H2,(H,18,19). The maximum Gasteiger partial charge on any atom is 0.277 e. The van der Waals surface area contributed by atoms with Crippen molar-refractivity contribution in [2.75, 3.05) is 6.61 Å². The summed E-state index contributed by atoms with van der Waals surface area (Å²) in [7, 11) is 0. The van der Waals surface area contributed by atoms with Gasteiger partial charge in [-0.2, -0.15) is 5.10 Å². The van der Waals surface area contributed by atoms with E-state index >= 15 is 0 Å². The number of nitrogens with one attached hydrogen (secondary N) is 1. The van der Waals surface area contributed by atoms with Gasteiger partial charge in [-0.15, -0.1) is 0 Å². The van der Waals surface area contributed by atoms with Gasteiger partial charge in [0, 0.05) is 5.02 Å². The molecule has 5 nitrogen and oxygen atoms in total. The van der Waals surface area contributed by atoms with Crippen LogP contribution in [0.5, 0.6) is 5.75 Å². The Morgan fingerprint density at radius 1 is 1.29 bits per heavy atom. The Morgan fingerprint density at radius 2 is 2.10 bits per heavy atom. The van der Waals surface area contributed by atoms with Crippen LogP contribution in [-0.4, -0.2) is 18.7 Å². The molecule has 1 heterocycles. The maximum atomic E-state index is 11.5. The number of ether oxygens (including phenoxy) is 1. The number of furan rings is 1. The van der Waals surface area contributed by atoms with Gasteiger partial charge in [0.1, 0.15) is 11.5 Å². The Kier molecular flexibility index (Phi) is 5.50. The number of nitrogens with zero attached hydrogens (tertiary/aromatic N) is 1. The molecular weight excluding hydrogens is 339 g/mol. The molecule has 1 amide bonds. The van der Waals surface area contributed by atoms with Crippen molar-refractivity contribution in [2.24, 2.45) is 5.10 Å². The Morgan fingerprint density at radius 3 is 2.76 bits per heavy atom. The Hall–Kier alpha value is -1.69. The minimum absolute atomic E-state index is 0.238. The summed E-state index contributed by atoms with van der Waals surface area (Å²) in [5, 5.41) is 4.74. The third-order valence-corrected chi connectivity index (χ3v) is 2.96. The second-order valence-electron chi connectivity index (χ2n) is 3.80. The van der Waals surface area contributed by atoms with Crippen LogP contribution in [0.3, 0.4) is 0 Å². The summed E-state index contributed by atoms with van der Waals surface area (Å²) in [6, 6.07) is 7.89. The molecule has 0 fully saturated rings. The number of hydrogen-bond acceptors (Lipinski definition) is 4. The average molecular weight is 348 g/mol. The number of carbonyl (C=O) groups is 1. The normalized spacial score (nSPS) is 10.8. The molecule has 21 heavy (non-hydrogen) atoms. The number of carbonyl (C=O) groups excluding carboxylic acids is 1. The van der Waals surface area contributed by atoms with E-state index in [1.54, 1.807) is 24.3 Å². The predicted octanol–water partition coefficient (Wildman–Crippen LogP) is 3.77. The van der Waals surface area contributed by atoms with Crippen LogP contribution in [0.2, 0.25) is 15.3 Å². The van der Waals surface area contributed by atoms with Crippen LogP contribution in [0.15, 0.2) is 39.9 Å². The summed E-state index contributed by atoms with van der Waals surface area (Å²) in [5.74, 6) is 0.329. The second-order valence-corrected chi connectivity index (χ2v) is 5.01. The first-order chi connectivity index (χ1) is 10.0. The van der Waals surface area contributed by atoms with Crippen LogP contribution in [0.25, 0.3) is 0 Å². The lowest BCUT2D eigenvalue weighted by atomic mass is 10.3. The van der Waals surface area contributed by atoms with E-state index in [9.17, 15) is 4.79 Å². The lowest BCUT2D eigenvalue weighted by Gasteiger charge is -2.06. The van der Waals surface area contributed by atoms with Gasteiger partial charge in [0.15, 0.2) is 11.8 Å². The molecule has 0 aliphatic carbocycles.